The van der Waals surface area contributed by atoms with Crippen LogP contribution < -0.4 is 0 Å². The summed E-state index contributed by atoms with van der Waals surface area (Å²) in [7, 11) is 0. The normalized spacial score (nSPS) is 19.1. The smallest absolute Gasteiger partial charge is 0.168 e. The Labute approximate surface area is 117 Å². The third kappa shape index (κ3) is 2.72. The quantitative estimate of drug-likeness (QED) is 0.837. The van der Waals surface area contributed by atoms with Crippen LogP contribution in [0.5, 0.6) is 0 Å². The number of rotatable bonds is 5. The molecular formula is C14H19N3OS. The van der Waals surface area contributed by atoms with Crippen LogP contribution in [0.15, 0.2) is 18.5 Å². The molecule has 2 aromatic heterocycles. The molecule has 5 heteroatoms. The molecule has 3 heterocycles. The fraction of sp³-hybridized carbons (Fsp3) is 0.571. The monoisotopic (exact) mass is 277 g/mol. The Kier molecular flexibility index (Phi) is 3.94. The van der Waals surface area contributed by atoms with Crippen molar-refractivity contribution in [3.63, 3.8) is 0 Å². The van der Waals surface area contributed by atoms with Crippen LogP contribution in [0.3, 0.4) is 0 Å². The van der Waals surface area contributed by atoms with Crippen LogP contribution in [0.4, 0.5) is 0 Å². The van der Waals surface area contributed by atoms with Crippen LogP contribution in [-0.2, 0) is 11.3 Å². The number of ether oxygens (including phenoxy) is 1. The van der Waals surface area contributed by atoms with Crippen LogP contribution in [-0.4, -0.2) is 21.4 Å². The van der Waals surface area contributed by atoms with Gasteiger partial charge in [-0.05, 0) is 31.4 Å². The first kappa shape index (κ1) is 12.8. The minimum absolute atomic E-state index is 0.297. The molecule has 0 saturated carbocycles. The molecule has 4 nitrogen and oxygen atoms in total. The molecule has 1 aliphatic heterocycles. The van der Waals surface area contributed by atoms with Gasteiger partial charge in [0.25, 0.3) is 0 Å². The van der Waals surface area contributed by atoms with E-state index in [9.17, 15) is 0 Å². The Morgan fingerprint density at radius 1 is 1.47 bits per heavy atom. The van der Waals surface area contributed by atoms with Crippen molar-refractivity contribution in [3.05, 3.63) is 23.3 Å². The van der Waals surface area contributed by atoms with Crippen molar-refractivity contribution >= 4 is 11.3 Å². The molecule has 0 N–H and O–H groups in total. The Hall–Kier alpha value is -1.20. The van der Waals surface area contributed by atoms with Crippen molar-refractivity contribution in [1.29, 1.82) is 0 Å². The zero-order chi connectivity index (χ0) is 13.1. The summed E-state index contributed by atoms with van der Waals surface area (Å²) >= 11 is 1.79. The molecule has 1 atom stereocenters. The lowest BCUT2D eigenvalue weighted by Crippen LogP contribution is -2.01. The molecule has 1 saturated heterocycles. The largest absolute Gasteiger partial charge is 0.373 e. The van der Waals surface area contributed by atoms with E-state index in [2.05, 4.69) is 29.1 Å². The van der Waals surface area contributed by atoms with Crippen LogP contribution in [0.1, 0.15) is 43.6 Å². The third-order valence-corrected chi connectivity index (χ3v) is 4.61. The third-order valence-electron chi connectivity index (χ3n) is 3.43. The molecule has 3 rings (SSSR count). The fourth-order valence-electron chi connectivity index (χ4n) is 2.37. The minimum atomic E-state index is 0.297. The van der Waals surface area contributed by atoms with Gasteiger partial charge in [-0.3, -0.25) is 0 Å². The number of hydrogen-bond donors (Lipinski definition) is 0. The lowest BCUT2D eigenvalue weighted by atomic mass is 10.2. The summed E-state index contributed by atoms with van der Waals surface area (Å²) in [5.74, 6) is 0.989. The number of hydrogen-bond acceptors (Lipinski definition) is 4. The van der Waals surface area contributed by atoms with Gasteiger partial charge in [-0.15, -0.1) is 11.3 Å². The van der Waals surface area contributed by atoms with Crippen molar-refractivity contribution in [2.24, 2.45) is 0 Å². The molecule has 0 spiro atoms. The van der Waals surface area contributed by atoms with E-state index in [0.29, 0.717) is 6.10 Å². The first-order valence-corrected chi connectivity index (χ1v) is 7.79. The van der Waals surface area contributed by atoms with Crippen molar-refractivity contribution < 1.29 is 4.74 Å². The summed E-state index contributed by atoms with van der Waals surface area (Å²) in [6.45, 7) is 4.03. The van der Waals surface area contributed by atoms with Crippen LogP contribution in [0.25, 0.3) is 10.7 Å². The van der Waals surface area contributed by atoms with Gasteiger partial charge in [0, 0.05) is 18.0 Å². The first-order chi connectivity index (χ1) is 9.38. The predicted octanol–water partition coefficient (Wildman–Crippen LogP) is 3.66. The average Bonchev–Trinajstić information content (AvgIpc) is 3.14. The van der Waals surface area contributed by atoms with Crippen molar-refractivity contribution in [3.8, 4) is 10.7 Å². The van der Waals surface area contributed by atoms with Gasteiger partial charge in [-0.25, -0.2) is 9.67 Å². The Balaban J connectivity index is 1.80. The van der Waals surface area contributed by atoms with Crippen molar-refractivity contribution in [1.82, 2.24) is 14.8 Å². The Morgan fingerprint density at radius 2 is 2.42 bits per heavy atom. The average molecular weight is 277 g/mol. The SMILES string of the molecule is CCCCn1ncnc1-c1ccc(C2CCCO2)s1. The minimum Gasteiger partial charge on any atom is -0.373 e. The van der Waals surface area contributed by atoms with Gasteiger partial charge in [0.1, 0.15) is 6.33 Å². The van der Waals surface area contributed by atoms with E-state index in [1.54, 1.807) is 17.7 Å². The molecule has 19 heavy (non-hydrogen) atoms. The van der Waals surface area contributed by atoms with Crippen LogP contribution in [0.2, 0.25) is 0 Å². The molecule has 0 aromatic carbocycles. The van der Waals surface area contributed by atoms with Crippen LogP contribution in [0, 0.1) is 0 Å². The van der Waals surface area contributed by atoms with Gasteiger partial charge in [0.05, 0.1) is 11.0 Å². The standard InChI is InChI=1S/C14H19N3OS/c1-2-3-8-17-14(15-10-16-17)13-7-6-12(19-13)11-5-4-9-18-11/h6-7,10-11H,2-5,8-9H2,1H3. The maximum absolute atomic E-state index is 5.73. The second-order valence-electron chi connectivity index (χ2n) is 4.86. The van der Waals surface area contributed by atoms with E-state index in [4.69, 9.17) is 4.74 Å². The van der Waals surface area contributed by atoms with E-state index in [1.165, 1.54) is 22.6 Å². The zero-order valence-electron chi connectivity index (χ0n) is 11.2. The number of aryl methyl sites for hydroxylation is 1. The second-order valence-corrected chi connectivity index (χ2v) is 5.98. The highest BCUT2D eigenvalue weighted by Gasteiger charge is 2.20. The van der Waals surface area contributed by atoms with E-state index < -0.39 is 0 Å². The molecule has 1 aliphatic rings. The molecule has 102 valence electrons. The summed E-state index contributed by atoms with van der Waals surface area (Å²) in [4.78, 5) is 6.91. The molecule has 0 aliphatic carbocycles. The lowest BCUT2D eigenvalue weighted by molar-refractivity contribution is 0.114. The summed E-state index contributed by atoms with van der Waals surface area (Å²) in [5, 5.41) is 4.32. The maximum atomic E-state index is 5.73. The van der Waals surface area contributed by atoms with Crippen LogP contribution >= 0.6 is 11.3 Å². The van der Waals surface area contributed by atoms with Crippen molar-refractivity contribution in [2.45, 2.75) is 45.3 Å². The summed E-state index contributed by atoms with van der Waals surface area (Å²) in [6, 6.07) is 4.32. The Morgan fingerprint density at radius 3 is 3.21 bits per heavy atom. The second kappa shape index (κ2) is 5.84. The van der Waals surface area contributed by atoms with E-state index in [-0.39, 0.29) is 0 Å². The van der Waals surface area contributed by atoms with E-state index in [1.807, 2.05) is 4.68 Å². The molecule has 0 amide bonds. The lowest BCUT2D eigenvalue weighted by Gasteiger charge is -2.05. The highest BCUT2D eigenvalue weighted by atomic mass is 32.1. The molecule has 0 radical (unpaired) electrons. The molecule has 2 aromatic rings. The zero-order valence-corrected chi connectivity index (χ0v) is 12.0. The number of nitrogens with zero attached hydrogens (tertiary/aromatic N) is 3. The highest BCUT2D eigenvalue weighted by Crippen LogP contribution is 2.36. The van der Waals surface area contributed by atoms with Gasteiger partial charge in [0.2, 0.25) is 0 Å². The van der Waals surface area contributed by atoms with Gasteiger partial charge < -0.3 is 4.74 Å². The number of aromatic nitrogens is 3. The Bertz CT molecular complexity index is 528. The molecule has 0 bridgehead atoms. The molecule has 1 fully saturated rings. The van der Waals surface area contributed by atoms with Gasteiger partial charge >= 0.3 is 0 Å². The number of unbranched alkanes of at least 4 members (excludes halogenated alkanes) is 1. The van der Waals surface area contributed by atoms with Crippen molar-refractivity contribution in [2.75, 3.05) is 6.61 Å². The molecular weight excluding hydrogens is 258 g/mol. The summed E-state index contributed by atoms with van der Waals surface area (Å²) in [5.41, 5.74) is 0. The summed E-state index contributed by atoms with van der Waals surface area (Å²) in [6.07, 6.45) is 6.57. The van der Waals surface area contributed by atoms with E-state index >= 15 is 0 Å². The van der Waals surface area contributed by atoms with Gasteiger partial charge in [-0.1, -0.05) is 13.3 Å². The van der Waals surface area contributed by atoms with Gasteiger partial charge in [0.15, 0.2) is 5.82 Å². The fourth-order valence-corrected chi connectivity index (χ4v) is 3.47. The van der Waals surface area contributed by atoms with Gasteiger partial charge in [-0.2, -0.15) is 5.10 Å². The topological polar surface area (TPSA) is 39.9 Å². The van der Waals surface area contributed by atoms with E-state index in [0.717, 1.165) is 31.8 Å². The highest BCUT2D eigenvalue weighted by molar-refractivity contribution is 7.15. The molecule has 1 unspecified atom stereocenters. The predicted molar refractivity (Wildman–Crippen MR) is 76.2 cm³/mol. The number of thiophene rings is 1. The summed E-state index contributed by atoms with van der Waals surface area (Å²) < 4.78 is 7.74. The first-order valence-electron chi connectivity index (χ1n) is 6.98. The maximum Gasteiger partial charge on any atom is 0.168 e.